The molecule has 3 rings (SSSR count). The fourth-order valence-electron chi connectivity index (χ4n) is 3.41. The third-order valence-electron chi connectivity index (χ3n) is 4.80. The van der Waals surface area contributed by atoms with E-state index >= 15 is 0 Å². The number of benzene rings is 1. The number of hydrogen-bond donors (Lipinski definition) is 1. The van der Waals surface area contributed by atoms with Crippen molar-refractivity contribution in [2.24, 2.45) is 0 Å². The molecule has 0 saturated carbocycles. The first-order valence-electron chi connectivity index (χ1n) is 8.72. The number of urea groups is 1. The first kappa shape index (κ1) is 17.3. The second-order valence-electron chi connectivity index (χ2n) is 6.55. The van der Waals surface area contributed by atoms with Crippen LogP contribution < -0.4 is 10.1 Å². The van der Waals surface area contributed by atoms with Gasteiger partial charge in [0, 0.05) is 38.4 Å². The number of amides is 2. The predicted molar refractivity (Wildman–Crippen MR) is 97.8 cm³/mol. The van der Waals surface area contributed by atoms with Crippen molar-refractivity contribution >= 4 is 6.03 Å². The van der Waals surface area contributed by atoms with Crippen molar-refractivity contribution in [2.75, 3.05) is 20.7 Å². The monoisotopic (exact) mass is 339 g/mol. The van der Waals surface area contributed by atoms with Gasteiger partial charge in [0.1, 0.15) is 5.75 Å². The Balaban J connectivity index is 1.58. The minimum absolute atomic E-state index is 0.0440. The zero-order valence-electron chi connectivity index (χ0n) is 14.9. The molecule has 1 aromatic carbocycles. The van der Waals surface area contributed by atoms with E-state index in [0.717, 1.165) is 30.6 Å². The quantitative estimate of drug-likeness (QED) is 0.909. The normalized spacial score (nSPS) is 16.0. The molecule has 0 bridgehead atoms. The highest BCUT2D eigenvalue weighted by Gasteiger charge is 2.21. The van der Waals surface area contributed by atoms with Gasteiger partial charge in [0.15, 0.2) is 0 Å². The molecule has 1 heterocycles. The molecule has 1 aliphatic carbocycles. The number of nitrogens with zero attached hydrogens (tertiary/aromatic N) is 2. The fraction of sp³-hybridized carbons (Fsp3) is 0.400. The number of carbonyl (C=O) groups is 1. The number of rotatable bonds is 5. The minimum Gasteiger partial charge on any atom is -0.497 e. The van der Waals surface area contributed by atoms with E-state index in [1.807, 2.05) is 25.2 Å². The van der Waals surface area contributed by atoms with Crippen LogP contribution in [0.3, 0.4) is 0 Å². The number of aryl methyl sites for hydroxylation is 1. The third kappa shape index (κ3) is 4.29. The molecule has 1 aromatic heterocycles. The Kier molecular flexibility index (Phi) is 5.53. The molecule has 1 aliphatic rings. The van der Waals surface area contributed by atoms with Gasteiger partial charge in [0.05, 0.1) is 7.11 Å². The van der Waals surface area contributed by atoms with Gasteiger partial charge in [-0.15, -0.1) is 0 Å². The summed E-state index contributed by atoms with van der Waals surface area (Å²) >= 11 is 0. The Bertz CT molecular complexity index is 718. The van der Waals surface area contributed by atoms with Crippen molar-refractivity contribution in [3.63, 3.8) is 0 Å². The smallest absolute Gasteiger partial charge is 0.317 e. The highest BCUT2D eigenvalue weighted by Crippen LogP contribution is 2.33. The van der Waals surface area contributed by atoms with E-state index in [9.17, 15) is 4.79 Å². The van der Waals surface area contributed by atoms with Gasteiger partial charge in [-0.25, -0.2) is 4.79 Å². The van der Waals surface area contributed by atoms with Gasteiger partial charge >= 0.3 is 6.03 Å². The molecule has 132 valence electrons. The van der Waals surface area contributed by atoms with Crippen molar-refractivity contribution in [1.82, 2.24) is 15.2 Å². The molecule has 1 N–H and O–H groups in total. The standard InChI is InChI=1S/C20H25N3O2/c1-23(14-15-8-10-21-11-9-15)20(24)22-13-17-5-3-4-16-12-18(25-2)6-7-19(16)17/h6-12,17H,3-5,13-14H2,1-2H3,(H,22,24)/t17-/m0/s1. The van der Waals surface area contributed by atoms with Crippen molar-refractivity contribution in [1.29, 1.82) is 0 Å². The summed E-state index contributed by atoms with van der Waals surface area (Å²) in [5.41, 5.74) is 3.75. The van der Waals surface area contributed by atoms with Gasteiger partial charge in [-0.05, 0) is 60.2 Å². The molecule has 2 aromatic rings. The van der Waals surface area contributed by atoms with E-state index in [4.69, 9.17) is 4.74 Å². The van der Waals surface area contributed by atoms with Crippen LogP contribution in [0.1, 0.15) is 35.4 Å². The maximum absolute atomic E-state index is 12.4. The summed E-state index contributed by atoms with van der Waals surface area (Å²) in [6.45, 7) is 1.24. The Morgan fingerprint density at radius 2 is 2.12 bits per heavy atom. The Morgan fingerprint density at radius 1 is 1.32 bits per heavy atom. The van der Waals surface area contributed by atoms with E-state index in [2.05, 4.69) is 22.4 Å². The summed E-state index contributed by atoms with van der Waals surface area (Å²) in [5.74, 6) is 1.27. The second-order valence-corrected chi connectivity index (χ2v) is 6.55. The molecule has 2 amide bonds. The third-order valence-corrected chi connectivity index (χ3v) is 4.80. The van der Waals surface area contributed by atoms with Gasteiger partial charge in [0.25, 0.3) is 0 Å². The maximum atomic E-state index is 12.4. The number of nitrogens with one attached hydrogen (secondary N) is 1. The van der Waals surface area contributed by atoms with Crippen LogP contribution in [-0.4, -0.2) is 36.6 Å². The summed E-state index contributed by atoms with van der Waals surface area (Å²) in [4.78, 5) is 18.1. The molecule has 5 heteroatoms. The zero-order chi connectivity index (χ0) is 17.6. The molecule has 0 unspecified atom stereocenters. The van der Waals surface area contributed by atoms with E-state index in [-0.39, 0.29) is 6.03 Å². The molecule has 0 aliphatic heterocycles. The summed E-state index contributed by atoms with van der Waals surface area (Å²) in [6, 6.07) is 10.1. The van der Waals surface area contributed by atoms with Gasteiger partial charge < -0.3 is 15.0 Å². The summed E-state index contributed by atoms with van der Waals surface area (Å²) < 4.78 is 5.32. The lowest BCUT2D eigenvalue weighted by Gasteiger charge is -2.27. The van der Waals surface area contributed by atoms with Crippen LogP contribution in [-0.2, 0) is 13.0 Å². The predicted octanol–water partition coefficient (Wildman–Crippen LogP) is 3.35. The molecule has 0 fully saturated rings. The molecule has 0 radical (unpaired) electrons. The van der Waals surface area contributed by atoms with Crippen LogP contribution >= 0.6 is 0 Å². The van der Waals surface area contributed by atoms with Crippen LogP contribution in [0.5, 0.6) is 5.75 Å². The lowest BCUT2D eigenvalue weighted by atomic mass is 9.82. The van der Waals surface area contributed by atoms with Crippen LogP contribution in [0.15, 0.2) is 42.7 Å². The number of hydrogen-bond acceptors (Lipinski definition) is 3. The first-order valence-corrected chi connectivity index (χ1v) is 8.72. The van der Waals surface area contributed by atoms with Crippen LogP contribution in [0.4, 0.5) is 4.79 Å². The highest BCUT2D eigenvalue weighted by molar-refractivity contribution is 5.73. The van der Waals surface area contributed by atoms with Crippen molar-refractivity contribution in [3.05, 3.63) is 59.4 Å². The molecule has 5 nitrogen and oxygen atoms in total. The van der Waals surface area contributed by atoms with Crippen molar-refractivity contribution in [2.45, 2.75) is 31.7 Å². The average molecular weight is 339 g/mol. The zero-order valence-corrected chi connectivity index (χ0v) is 14.9. The summed E-state index contributed by atoms with van der Waals surface area (Å²) in [6.07, 6.45) is 6.82. The molecule has 0 saturated heterocycles. The van der Waals surface area contributed by atoms with Gasteiger partial charge in [-0.2, -0.15) is 0 Å². The molecular formula is C20H25N3O2. The summed E-state index contributed by atoms with van der Waals surface area (Å²) in [5, 5.41) is 3.08. The van der Waals surface area contributed by atoms with Crippen molar-refractivity contribution < 1.29 is 9.53 Å². The van der Waals surface area contributed by atoms with E-state index in [1.165, 1.54) is 11.1 Å². The van der Waals surface area contributed by atoms with Crippen LogP contribution in [0.25, 0.3) is 0 Å². The number of ether oxygens (including phenoxy) is 1. The fourth-order valence-corrected chi connectivity index (χ4v) is 3.41. The van der Waals surface area contributed by atoms with E-state index < -0.39 is 0 Å². The number of aromatic nitrogens is 1. The van der Waals surface area contributed by atoms with Crippen molar-refractivity contribution in [3.8, 4) is 5.75 Å². The maximum Gasteiger partial charge on any atom is 0.317 e. The van der Waals surface area contributed by atoms with Gasteiger partial charge in [-0.3, -0.25) is 4.98 Å². The molecule has 25 heavy (non-hydrogen) atoms. The average Bonchev–Trinajstić information content (AvgIpc) is 2.66. The van der Waals surface area contributed by atoms with E-state index in [0.29, 0.717) is 19.0 Å². The lowest BCUT2D eigenvalue weighted by Crippen LogP contribution is -2.39. The summed E-state index contributed by atoms with van der Waals surface area (Å²) in [7, 11) is 3.51. The minimum atomic E-state index is -0.0440. The lowest BCUT2D eigenvalue weighted by molar-refractivity contribution is 0.206. The second kappa shape index (κ2) is 8.01. The first-order chi connectivity index (χ1) is 12.2. The van der Waals surface area contributed by atoms with Gasteiger partial charge in [-0.1, -0.05) is 6.07 Å². The Morgan fingerprint density at radius 3 is 2.88 bits per heavy atom. The van der Waals surface area contributed by atoms with E-state index in [1.54, 1.807) is 24.4 Å². The van der Waals surface area contributed by atoms with Crippen LogP contribution in [0.2, 0.25) is 0 Å². The topological polar surface area (TPSA) is 54.5 Å². The Hall–Kier alpha value is -2.56. The molecule has 1 atom stereocenters. The van der Waals surface area contributed by atoms with Gasteiger partial charge in [0.2, 0.25) is 0 Å². The number of methoxy groups -OCH3 is 1. The largest absolute Gasteiger partial charge is 0.497 e. The molecule has 0 spiro atoms. The Labute approximate surface area is 149 Å². The number of carbonyl (C=O) groups excluding carboxylic acids is 1. The molecular weight excluding hydrogens is 314 g/mol. The SMILES string of the molecule is COc1ccc2c(c1)CCC[C@H]2CNC(=O)N(C)Cc1ccncc1. The van der Waals surface area contributed by atoms with Crippen LogP contribution in [0, 0.1) is 0 Å². The number of fused-ring (bicyclic) bond motifs is 1. The highest BCUT2D eigenvalue weighted by atomic mass is 16.5. The number of pyridine rings is 1.